The zero-order valence-corrected chi connectivity index (χ0v) is 11.3. The molecule has 3 heteroatoms. The lowest BCUT2D eigenvalue weighted by molar-refractivity contribution is 0.415. The second-order valence-corrected chi connectivity index (χ2v) is 4.98. The molecule has 0 fully saturated rings. The average Bonchev–Trinajstić information content (AvgIpc) is 2.87. The summed E-state index contributed by atoms with van der Waals surface area (Å²) >= 11 is 1.70. The molecule has 0 saturated heterocycles. The Hall–Kier alpha value is -1.35. The van der Waals surface area contributed by atoms with Crippen LogP contribution in [0.5, 0.6) is 5.75 Å². The zero-order chi connectivity index (χ0) is 12.3. The number of benzene rings is 1. The molecule has 1 aromatic carbocycles. The first kappa shape index (κ1) is 12.1. The lowest BCUT2D eigenvalue weighted by Gasteiger charge is -2.03. The van der Waals surface area contributed by atoms with E-state index in [1.165, 1.54) is 5.69 Å². The van der Waals surface area contributed by atoms with Crippen LogP contribution in [-0.2, 0) is 0 Å². The Morgan fingerprint density at radius 1 is 1.41 bits per heavy atom. The van der Waals surface area contributed by atoms with E-state index in [1.807, 2.05) is 18.2 Å². The van der Waals surface area contributed by atoms with Crippen LogP contribution < -0.4 is 4.74 Å². The topological polar surface area (TPSA) is 22.1 Å². The summed E-state index contributed by atoms with van der Waals surface area (Å²) in [4.78, 5) is 4.69. The Morgan fingerprint density at radius 3 is 2.94 bits per heavy atom. The van der Waals surface area contributed by atoms with E-state index in [0.29, 0.717) is 5.92 Å². The lowest BCUT2D eigenvalue weighted by Crippen LogP contribution is -1.91. The molecule has 2 nitrogen and oxygen atoms in total. The van der Waals surface area contributed by atoms with Gasteiger partial charge in [0.05, 0.1) is 12.8 Å². The summed E-state index contributed by atoms with van der Waals surface area (Å²) in [5.74, 6) is 1.41. The zero-order valence-electron chi connectivity index (χ0n) is 10.4. The van der Waals surface area contributed by atoms with Crippen molar-refractivity contribution in [2.24, 2.45) is 0 Å². The summed E-state index contributed by atoms with van der Waals surface area (Å²) in [6.07, 6.45) is 1.13. The van der Waals surface area contributed by atoms with Gasteiger partial charge in [0.15, 0.2) is 0 Å². The third kappa shape index (κ3) is 2.67. The number of ether oxygens (including phenoxy) is 1. The predicted molar refractivity (Wildman–Crippen MR) is 72.8 cm³/mol. The molecule has 0 saturated carbocycles. The Kier molecular flexibility index (Phi) is 3.79. The number of hydrogen-bond acceptors (Lipinski definition) is 3. The van der Waals surface area contributed by atoms with E-state index in [4.69, 9.17) is 4.74 Å². The molecule has 0 aliphatic rings. The fourth-order valence-electron chi connectivity index (χ4n) is 1.61. The van der Waals surface area contributed by atoms with E-state index in [0.717, 1.165) is 22.7 Å². The van der Waals surface area contributed by atoms with Crippen LogP contribution in [0.25, 0.3) is 10.6 Å². The fraction of sp³-hybridized carbons (Fsp3) is 0.357. The molecule has 0 N–H and O–H groups in total. The van der Waals surface area contributed by atoms with Crippen molar-refractivity contribution < 1.29 is 4.74 Å². The molecule has 0 radical (unpaired) electrons. The van der Waals surface area contributed by atoms with Crippen LogP contribution in [0.3, 0.4) is 0 Å². The second-order valence-electron chi connectivity index (χ2n) is 4.12. The average molecular weight is 247 g/mol. The van der Waals surface area contributed by atoms with Crippen LogP contribution >= 0.6 is 11.3 Å². The molecule has 1 aromatic heterocycles. The van der Waals surface area contributed by atoms with Crippen LogP contribution in [0.15, 0.2) is 29.6 Å². The van der Waals surface area contributed by atoms with Crippen LogP contribution in [-0.4, -0.2) is 12.1 Å². The Labute approximate surface area is 106 Å². The van der Waals surface area contributed by atoms with Gasteiger partial charge < -0.3 is 4.74 Å². The van der Waals surface area contributed by atoms with Crippen molar-refractivity contribution in [1.29, 1.82) is 0 Å². The Bertz CT molecular complexity index is 492. The summed E-state index contributed by atoms with van der Waals surface area (Å²) in [5.41, 5.74) is 2.32. The quantitative estimate of drug-likeness (QED) is 0.802. The number of thiazole rings is 1. The Balaban J connectivity index is 2.30. The van der Waals surface area contributed by atoms with Gasteiger partial charge in [0.25, 0.3) is 0 Å². The molecular formula is C14H17NOS. The fourth-order valence-corrected chi connectivity index (χ4v) is 2.55. The first-order valence-electron chi connectivity index (χ1n) is 5.84. The molecular weight excluding hydrogens is 230 g/mol. The van der Waals surface area contributed by atoms with E-state index in [9.17, 15) is 0 Å². The summed E-state index contributed by atoms with van der Waals surface area (Å²) < 4.78 is 5.23. The first-order valence-corrected chi connectivity index (χ1v) is 6.72. The van der Waals surface area contributed by atoms with E-state index in [1.54, 1.807) is 18.4 Å². The van der Waals surface area contributed by atoms with Crippen LogP contribution in [0.2, 0.25) is 0 Å². The van der Waals surface area contributed by atoms with Gasteiger partial charge >= 0.3 is 0 Å². The van der Waals surface area contributed by atoms with Gasteiger partial charge in [0.1, 0.15) is 10.8 Å². The summed E-state index contributed by atoms with van der Waals surface area (Å²) in [6, 6.07) is 8.05. The molecule has 2 rings (SSSR count). The third-order valence-corrected chi connectivity index (χ3v) is 3.87. The molecule has 0 bridgehead atoms. The van der Waals surface area contributed by atoms with Gasteiger partial charge in [-0.05, 0) is 24.5 Å². The normalized spacial score (nSPS) is 12.4. The predicted octanol–water partition coefficient (Wildman–Crippen LogP) is 4.33. The standard InChI is InChI=1S/C14H17NOS/c1-4-10(2)13-9-17-14(15-13)11-6-5-7-12(8-11)16-3/h5-10H,4H2,1-3H3. The Morgan fingerprint density at radius 2 is 2.24 bits per heavy atom. The molecule has 0 aliphatic heterocycles. The highest BCUT2D eigenvalue weighted by molar-refractivity contribution is 7.13. The largest absolute Gasteiger partial charge is 0.497 e. The lowest BCUT2D eigenvalue weighted by atomic mass is 10.1. The number of hydrogen-bond donors (Lipinski definition) is 0. The molecule has 1 heterocycles. The van der Waals surface area contributed by atoms with Crippen LogP contribution in [0.4, 0.5) is 0 Å². The summed E-state index contributed by atoms with van der Waals surface area (Å²) in [5, 5.41) is 3.22. The van der Waals surface area contributed by atoms with Gasteiger partial charge in [-0.1, -0.05) is 26.0 Å². The van der Waals surface area contributed by atoms with Crippen molar-refractivity contribution in [3.63, 3.8) is 0 Å². The van der Waals surface area contributed by atoms with E-state index >= 15 is 0 Å². The molecule has 0 aliphatic carbocycles. The number of nitrogens with zero attached hydrogens (tertiary/aromatic N) is 1. The smallest absolute Gasteiger partial charge is 0.123 e. The van der Waals surface area contributed by atoms with Crippen molar-refractivity contribution in [3.8, 4) is 16.3 Å². The molecule has 2 aromatic rings. The van der Waals surface area contributed by atoms with Crippen LogP contribution in [0, 0.1) is 0 Å². The molecule has 90 valence electrons. The van der Waals surface area contributed by atoms with Crippen molar-refractivity contribution >= 4 is 11.3 Å². The van der Waals surface area contributed by atoms with Crippen molar-refractivity contribution in [2.75, 3.05) is 7.11 Å². The van der Waals surface area contributed by atoms with Crippen molar-refractivity contribution in [1.82, 2.24) is 4.98 Å². The maximum atomic E-state index is 5.23. The van der Waals surface area contributed by atoms with Gasteiger partial charge in [0, 0.05) is 10.9 Å². The number of methoxy groups -OCH3 is 1. The number of rotatable bonds is 4. The molecule has 0 amide bonds. The highest BCUT2D eigenvalue weighted by atomic mass is 32.1. The third-order valence-electron chi connectivity index (χ3n) is 2.96. The van der Waals surface area contributed by atoms with Gasteiger partial charge in [-0.25, -0.2) is 4.98 Å². The van der Waals surface area contributed by atoms with Gasteiger partial charge in [-0.3, -0.25) is 0 Å². The minimum absolute atomic E-state index is 0.533. The minimum atomic E-state index is 0.533. The highest BCUT2D eigenvalue weighted by Gasteiger charge is 2.09. The monoisotopic (exact) mass is 247 g/mol. The van der Waals surface area contributed by atoms with E-state index in [2.05, 4.69) is 30.3 Å². The molecule has 1 unspecified atom stereocenters. The van der Waals surface area contributed by atoms with Crippen molar-refractivity contribution in [2.45, 2.75) is 26.2 Å². The van der Waals surface area contributed by atoms with E-state index < -0.39 is 0 Å². The van der Waals surface area contributed by atoms with E-state index in [-0.39, 0.29) is 0 Å². The molecule has 17 heavy (non-hydrogen) atoms. The minimum Gasteiger partial charge on any atom is -0.497 e. The SMILES string of the molecule is CCC(C)c1csc(-c2cccc(OC)c2)n1. The second kappa shape index (κ2) is 5.32. The van der Waals surface area contributed by atoms with Gasteiger partial charge in [-0.2, -0.15) is 0 Å². The molecule has 1 atom stereocenters. The highest BCUT2D eigenvalue weighted by Crippen LogP contribution is 2.29. The molecule has 0 spiro atoms. The maximum Gasteiger partial charge on any atom is 0.123 e. The van der Waals surface area contributed by atoms with Crippen molar-refractivity contribution in [3.05, 3.63) is 35.3 Å². The van der Waals surface area contributed by atoms with Gasteiger partial charge in [0.2, 0.25) is 0 Å². The summed E-state index contributed by atoms with van der Waals surface area (Å²) in [7, 11) is 1.69. The maximum absolute atomic E-state index is 5.23. The van der Waals surface area contributed by atoms with Crippen LogP contribution in [0.1, 0.15) is 31.9 Å². The first-order chi connectivity index (χ1) is 8.24. The van der Waals surface area contributed by atoms with Gasteiger partial charge in [-0.15, -0.1) is 11.3 Å². The number of aromatic nitrogens is 1. The summed E-state index contributed by atoms with van der Waals surface area (Å²) in [6.45, 7) is 4.40.